The normalized spacial score (nSPS) is 14.7. The second-order valence-corrected chi connectivity index (χ2v) is 10.4. The molecule has 1 amide bonds. The van der Waals surface area contributed by atoms with Crippen molar-refractivity contribution in [2.45, 2.75) is 44.1 Å². The third-order valence-electron chi connectivity index (χ3n) is 5.59. The van der Waals surface area contributed by atoms with Crippen molar-refractivity contribution < 1.29 is 35.5 Å². The van der Waals surface area contributed by atoms with E-state index in [0.717, 1.165) is 36.9 Å². The first-order valence-corrected chi connectivity index (χ1v) is 12.3. The van der Waals surface area contributed by atoms with Crippen molar-refractivity contribution in [1.29, 1.82) is 0 Å². The molecule has 12 heteroatoms. The summed E-state index contributed by atoms with van der Waals surface area (Å²) in [5.41, 5.74) is 1.89. The fourth-order valence-electron chi connectivity index (χ4n) is 3.66. The fraction of sp³-hybridized carbons (Fsp3) is 0.304. The molecule has 0 N–H and O–H groups in total. The van der Waals surface area contributed by atoms with Gasteiger partial charge in [-0.3, -0.25) is 4.79 Å². The van der Waals surface area contributed by atoms with Gasteiger partial charge in [-0.15, -0.1) is 0 Å². The summed E-state index contributed by atoms with van der Waals surface area (Å²) < 4.78 is 83.7. The minimum absolute atomic E-state index is 0.00592. The van der Waals surface area contributed by atoms with Gasteiger partial charge in [-0.25, -0.2) is 17.5 Å². The largest absolute Gasteiger partial charge is 0.480 e. The Morgan fingerprint density at radius 1 is 1.14 bits per heavy atom. The zero-order valence-electron chi connectivity index (χ0n) is 18.9. The first-order valence-electron chi connectivity index (χ1n) is 10.4. The monoisotopic (exact) mass is 511 g/mol. The summed E-state index contributed by atoms with van der Waals surface area (Å²) in [5, 5.41) is 4.36. The van der Waals surface area contributed by atoms with Crippen LogP contribution in [0.4, 0.5) is 17.6 Å². The zero-order valence-corrected chi connectivity index (χ0v) is 19.7. The lowest BCUT2D eigenvalue weighted by molar-refractivity contribution is -0.189. The number of ether oxygens (including phenoxy) is 1. The Hall–Kier alpha value is -3.41. The maximum Gasteiger partial charge on any atom is 0.425 e. The Bertz CT molecular complexity index is 1390. The van der Waals surface area contributed by atoms with Gasteiger partial charge in [-0.05, 0) is 49.7 Å². The Balaban J connectivity index is 1.63. The van der Waals surface area contributed by atoms with E-state index in [2.05, 4.69) is 5.10 Å². The topological polar surface area (TPSA) is 81.5 Å². The van der Waals surface area contributed by atoms with Gasteiger partial charge >= 0.3 is 6.18 Å². The fourth-order valence-corrected chi connectivity index (χ4v) is 4.30. The number of aromatic nitrogens is 2. The maximum atomic E-state index is 14.2. The molecule has 0 aliphatic carbocycles. The lowest BCUT2D eigenvalue weighted by atomic mass is 10.1. The lowest BCUT2D eigenvalue weighted by Gasteiger charge is -2.22. The molecule has 1 unspecified atom stereocenters. The molecule has 2 aromatic carbocycles. The Labute approximate surface area is 198 Å². The number of hydrogen-bond donors (Lipinski definition) is 0. The number of nitrogens with zero attached hydrogens (tertiary/aromatic N) is 3. The third-order valence-corrected chi connectivity index (χ3v) is 6.70. The molecule has 2 heterocycles. The van der Waals surface area contributed by atoms with E-state index >= 15 is 0 Å². The van der Waals surface area contributed by atoms with Crippen LogP contribution in [0.2, 0.25) is 0 Å². The zero-order chi connectivity index (χ0) is 25.7. The summed E-state index contributed by atoms with van der Waals surface area (Å²) in [6, 6.07) is 7.72. The van der Waals surface area contributed by atoms with Crippen LogP contribution in [0.3, 0.4) is 0 Å². The number of fused-ring (bicyclic) bond motifs is 1. The van der Waals surface area contributed by atoms with E-state index < -0.39 is 33.8 Å². The van der Waals surface area contributed by atoms with Gasteiger partial charge in [0.15, 0.2) is 15.9 Å². The number of carbonyl (C=O) groups is 1. The highest BCUT2D eigenvalue weighted by Crippen LogP contribution is 2.32. The van der Waals surface area contributed by atoms with Crippen molar-refractivity contribution in [2.75, 3.05) is 6.26 Å². The van der Waals surface area contributed by atoms with Crippen LogP contribution in [-0.2, 0) is 22.9 Å². The maximum absolute atomic E-state index is 14.2. The van der Waals surface area contributed by atoms with Crippen LogP contribution < -0.4 is 4.74 Å². The molecule has 35 heavy (non-hydrogen) atoms. The van der Waals surface area contributed by atoms with E-state index in [1.54, 1.807) is 18.3 Å². The quantitative estimate of drug-likeness (QED) is 0.480. The molecule has 1 aromatic heterocycles. The van der Waals surface area contributed by atoms with Gasteiger partial charge in [0, 0.05) is 24.6 Å². The van der Waals surface area contributed by atoms with E-state index in [9.17, 15) is 30.8 Å². The summed E-state index contributed by atoms with van der Waals surface area (Å²) in [5.74, 6) is -1.57. The van der Waals surface area contributed by atoms with E-state index in [1.165, 1.54) is 15.6 Å². The number of aryl methyl sites for hydroxylation is 1. The van der Waals surface area contributed by atoms with Gasteiger partial charge in [0.05, 0.1) is 22.7 Å². The Morgan fingerprint density at radius 2 is 1.86 bits per heavy atom. The Morgan fingerprint density at radius 3 is 2.49 bits per heavy atom. The van der Waals surface area contributed by atoms with Crippen molar-refractivity contribution in [2.24, 2.45) is 0 Å². The van der Waals surface area contributed by atoms with Crippen LogP contribution in [0.5, 0.6) is 5.75 Å². The highest BCUT2D eigenvalue weighted by Gasteiger charge is 2.39. The first-order chi connectivity index (χ1) is 16.2. The van der Waals surface area contributed by atoms with E-state index in [1.807, 2.05) is 6.92 Å². The molecule has 1 aliphatic rings. The summed E-state index contributed by atoms with van der Waals surface area (Å²) >= 11 is 0. The van der Waals surface area contributed by atoms with Crippen molar-refractivity contribution in [3.05, 3.63) is 70.8 Å². The number of amides is 1. The summed E-state index contributed by atoms with van der Waals surface area (Å²) in [6.45, 7) is 2.66. The summed E-state index contributed by atoms with van der Waals surface area (Å²) in [7, 11) is -3.74. The number of benzene rings is 2. The number of alkyl halides is 3. The molecule has 7 nitrogen and oxygen atoms in total. The molecule has 4 rings (SSSR count). The van der Waals surface area contributed by atoms with Crippen LogP contribution in [0.15, 0.2) is 47.5 Å². The minimum Gasteiger partial charge on any atom is -0.480 e. The number of hydrogen-bond acceptors (Lipinski definition) is 5. The molecule has 1 atom stereocenters. The lowest BCUT2D eigenvalue weighted by Crippen LogP contribution is -2.33. The predicted octanol–water partition coefficient (Wildman–Crippen LogP) is 4.21. The van der Waals surface area contributed by atoms with Crippen molar-refractivity contribution >= 4 is 15.7 Å². The van der Waals surface area contributed by atoms with E-state index in [0.29, 0.717) is 11.3 Å². The van der Waals surface area contributed by atoms with Crippen LogP contribution in [0.1, 0.15) is 34.1 Å². The van der Waals surface area contributed by atoms with E-state index in [4.69, 9.17) is 4.74 Å². The molecule has 3 aromatic rings. The van der Waals surface area contributed by atoms with Crippen molar-refractivity contribution in [3.63, 3.8) is 0 Å². The van der Waals surface area contributed by atoms with Crippen LogP contribution in [-0.4, -0.2) is 47.5 Å². The molecule has 0 fully saturated rings. The molecule has 0 saturated heterocycles. The standard InChI is InChI=1S/C23H21F4N3O4S/c1-13-4-6-18(24)20(8-13)30-11-15-10-29(12-19(15)28-30)22(31)17-9-16(35(3,32)33)5-7-21(17)34-14(2)23(25,26)27/h4-9,11,14H,10,12H2,1-3H3. The van der Waals surface area contributed by atoms with Crippen molar-refractivity contribution in [1.82, 2.24) is 14.7 Å². The summed E-state index contributed by atoms with van der Waals surface area (Å²) in [4.78, 5) is 14.3. The smallest absolute Gasteiger partial charge is 0.425 e. The molecular weight excluding hydrogens is 490 g/mol. The van der Waals surface area contributed by atoms with Gasteiger partial charge in [-0.2, -0.15) is 18.3 Å². The molecule has 1 aliphatic heterocycles. The highest BCUT2D eigenvalue weighted by atomic mass is 32.2. The first kappa shape index (κ1) is 24.7. The average Bonchev–Trinajstić information content (AvgIpc) is 3.33. The molecule has 0 radical (unpaired) electrons. The SMILES string of the molecule is Cc1ccc(F)c(-n2cc3c(n2)CN(C(=O)c2cc(S(C)(=O)=O)ccc2OC(C)C(F)(F)F)C3)c1. The van der Waals surface area contributed by atoms with Gasteiger partial charge in [0.25, 0.3) is 5.91 Å². The van der Waals surface area contributed by atoms with Gasteiger partial charge in [-0.1, -0.05) is 6.07 Å². The van der Waals surface area contributed by atoms with Crippen LogP contribution >= 0.6 is 0 Å². The van der Waals surface area contributed by atoms with Gasteiger partial charge in [0.2, 0.25) is 0 Å². The Kier molecular flexibility index (Phi) is 6.12. The van der Waals surface area contributed by atoms with Crippen molar-refractivity contribution in [3.8, 4) is 11.4 Å². The summed E-state index contributed by atoms with van der Waals surface area (Å²) in [6.07, 6.45) is -4.40. The van der Waals surface area contributed by atoms with Crippen LogP contribution in [0, 0.1) is 12.7 Å². The van der Waals surface area contributed by atoms with Crippen LogP contribution in [0.25, 0.3) is 5.69 Å². The second kappa shape index (κ2) is 8.67. The molecule has 0 bridgehead atoms. The second-order valence-electron chi connectivity index (χ2n) is 8.39. The minimum atomic E-state index is -4.69. The molecule has 0 spiro atoms. The third kappa shape index (κ3) is 5.02. The van der Waals surface area contributed by atoms with Gasteiger partial charge in [0.1, 0.15) is 17.3 Å². The molecular formula is C23H21F4N3O4S. The molecule has 186 valence electrons. The number of sulfone groups is 1. The number of carbonyl (C=O) groups excluding carboxylic acids is 1. The average molecular weight is 511 g/mol. The molecule has 0 saturated carbocycles. The highest BCUT2D eigenvalue weighted by molar-refractivity contribution is 7.90. The van der Waals surface area contributed by atoms with E-state index in [-0.39, 0.29) is 35.0 Å². The number of rotatable bonds is 5. The van der Waals surface area contributed by atoms with Gasteiger partial charge < -0.3 is 9.64 Å². The predicted molar refractivity (Wildman–Crippen MR) is 118 cm³/mol. The number of halogens is 4.